The van der Waals surface area contributed by atoms with Gasteiger partial charge in [0.2, 0.25) is 11.8 Å². The SMILES string of the molecule is CC(C)(O)c1cn(CCN2C(=O)CCC2=O)nn1. The van der Waals surface area contributed by atoms with Gasteiger partial charge in [0, 0.05) is 19.4 Å². The maximum Gasteiger partial charge on any atom is 0.229 e. The summed E-state index contributed by atoms with van der Waals surface area (Å²) in [6.07, 6.45) is 2.21. The third-order valence-electron chi connectivity index (χ3n) is 2.87. The van der Waals surface area contributed by atoms with E-state index in [4.69, 9.17) is 0 Å². The molecule has 0 aromatic carbocycles. The fourth-order valence-corrected chi connectivity index (χ4v) is 1.76. The van der Waals surface area contributed by atoms with E-state index in [0.717, 1.165) is 0 Å². The van der Waals surface area contributed by atoms with Crippen LogP contribution in [-0.4, -0.2) is 43.4 Å². The van der Waals surface area contributed by atoms with Crippen molar-refractivity contribution in [2.24, 2.45) is 0 Å². The monoisotopic (exact) mass is 252 g/mol. The van der Waals surface area contributed by atoms with Crippen LogP contribution in [-0.2, 0) is 21.7 Å². The summed E-state index contributed by atoms with van der Waals surface area (Å²) in [4.78, 5) is 24.0. The summed E-state index contributed by atoms with van der Waals surface area (Å²) in [6.45, 7) is 3.93. The second-order valence-corrected chi connectivity index (χ2v) is 4.86. The lowest BCUT2D eigenvalue weighted by Gasteiger charge is -2.13. The highest BCUT2D eigenvalue weighted by Crippen LogP contribution is 2.16. The number of imide groups is 1. The number of carbonyl (C=O) groups excluding carboxylic acids is 2. The number of hydrogen-bond acceptors (Lipinski definition) is 5. The van der Waals surface area contributed by atoms with Gasteiger partial charge >= 0.3 is 0 Å². The number of hydrogen-bond donors (Lipinski definition) is 1. The fraction of sp³-hybridized carbons (Fsp3) is 0.636. The predicted octanol–water partition coefficient (Wildman–Crippen LogP) is -0.346. The van der Waals surface area contributed by atoms with Gasteiger partial charge in [-0.3, -0.25) is 19.2 Å². The number of amides is 2. The lowest BCUT2D eigenvalue weighted by atomic mass is 10.1. The van der Waals surface area contributed by atoms with Crippen molar-refractivity contribution < 1.29 is 14.7 Å². The Morgan fingerprint density at radius 2 is 1.89 bits per heavy atom. The fourth-order valence-electron chi connectivity index (χ4n) is 1.76. The summed E-state index contributed by atoms with van der Waals surface area (Å²) in [6, 6.07) is 0. The topological polar surface area (TPSA) is 88.3 Å². The summed E-state index contributed by atoms with van der Waals surface area (Å²) in [7, 11) is 0. The number of carbonyl (C=O) groups is 2. The Morgan fingerprint density at radius 3 is 2.39 bits per heavy atom. The molecule has 0 aliphatic carbocycles. The smallest absolute Gasteiger partial charge is 0.229 e. The Morgan fingerprint density at radius 1 is 1.28 bits per heavy atom. The van der Waals surface area contributed by atoms with Crippen molar-refractivity contribution in [3.63, 3.8) is 0 Å². The molecule has 1 fully saturated rings. The van der Waals surface area contributed by atoms with E-state index in [-0.39, 0.29) is 11.8 Å². The molecule has 18 heavy (non-hydrogen) atoms. The highest BCUT2D eigenvalue weighted by molar-refractivity contribution is 6.01. The first-order chi connectivity index (χ1) is 8.38. The Kier molecular flexibility index (Phi) is 3.16. The van der Waals surface area contributed by atoms with Crippen molar-refractivity contribution in [2.45, 2.75) is 38.8 Å². The zero-order valence-electron chi connectivity index (χ0n) is 10.5. The molecule has 7 heteroatoms. The molecular weight excluding hydrogens is 236 g/mol. The number of nitrogens with zero attached hydrogens (tertiary/aromatic N) is 4. The Hall–Kier alpha value is -1.76. The van der Waals surface area contributed by atoms with Crippen LogP contribution in [0.25, 0.3) is 0 Å². The highest BCUT2D eigenvalue weighted by atomic mass is 16.3. The van der Waals surface area contributed by atoms with E-state index in [1.54, 1.807) is 20.0 Å². The van der Waals surface area contributed by atoms with Crippen LogP contribution in [0, 0.1) is 0 Å². The van der Waals surface area contributed by atoms with E-state index >= 15 is 0 Å². The quantitative estimate of drug-likeness (QED) is 0.740. The van der Waals surface area contributed by atoms with Gasteiger partial charge in [0.1, 0.15) is 11.3 Å². The summed E-state index contributed by atoms with van der Waals surface area (Å²) in [5.74, 6) is -0.273. The Labute approximate surface area is 104 Å². The molecule has 98 valence electrons. The second-order valence-electron chi connectivity index (χ2n) is 4.86. The highest BCUT2D eigenvalue weighted by Gasteiger charge is 2.28. The first-order valence-electron chi connectivity index (χ1n) is 5.84. The molecule has 0 bridgehead atoms. The molecule has 1 aliphatic heterocycles. The molecule has 1 N–H and O–H groups in total. The van der Waals surface area contributed by atoms with Crippen molar-refractivity contribution in [1.82, 2.24) is 19.9 Å². The average Bonchev–Trinajstić information content (AvgIpc) is 2.84. The molecule has 2 heterocycles. The van der Waals surface area contributed by atoms with Gasteiger partial charge in [0.15, 0.2) is 0 Å². The third-order valence-corrected chi connectivity index (χ3v) is 2.87. The number of aromatic nitrogens is 3. The van der Waals surface area contributed by atoms with Gasteiger partial charge < -0.3 is 5.11 Å². The van der Waals surface area contributed by atoms with Crippen LogP contribution in [0.5, 0.6) is 0 Å². The molecule has 0 spiro atoms. The lowest BCUT2D eigenvalue weighted by molar-refractivity contribution is -0.138. The van der Waals surface area contributed by atoms with E-state index in [9.17, 15) is 14.7 Å². The molecular formula is C11H16N4O3. The minimum atomic E-state index is -1.04. The van der Waals surface area contributed by atoms with Crippen molar-refractivity contribution in [3.05, 3.63) is 11.9 Å². The summed E-state index contributed by atoms with van der Waals surface area (Å²) >= 11 is 0. The van der Waals surface area contributed by atoms with Gasteiger partial charge in [-0.05, 0) is 13.8 Å². The van der Waals surface area contributed by atoms with Gasteiger partial charge in [0.25, 0.3) is 0 Å². The maximum absolute atomic E-state index is 11.4. The average molecular weight is 252 g/mol. The van der Waals surface area contributed by atoms with Crippen molar-refractivity contribution in [3.8, 4) is 0 Å². The maximum atomic E-state index is 11.4. The van der Waals surface area contributed by atoms with Crippen LogP contribution in [0.1, 0.15) is 32.4 Å². The molecule has 1 aromatic heterocycles. The predicted molar refractivity (Wildman–Crippen MR) is 61.2 cm³/mol. The van der Waals surface area contributed by atoms with Gasteiger partial charge in [0.05, 0.1) is 12.7 Å². The summed E-state index contributed by atoms with van der Waals surface area (Å²) in [5.41, 5.74) is -0.584. The number of aliphatic hydroxyl groups is 1. The zero-order chi connectivity index (χ0) is 13.3. The normalized spacial score (nSPS) is 16.7. The van der Waals surface area contributed by atoms with Crippen LogP contribution in [0.4, 0.5) is 0 Å². The van der Waals surface area contributed by atoms with E-state index in [0.29, 0.717) is 31.6 Å². The standard InChI is InChI=1S/C11H16N4O3/c1-11(2,18)8-7-14(13-12-8)5-6-15-9(16)3-4-10(15)17/h7,18H,3-6H2,1-2H3. The lowest BCUT2D eigenvalue weighted by Crippen LogP contribution is -2.32. The van der Waals surface area contributed by atoms with Crippen LogP contribution < -0.4 is 0 Å². The molecule has 7 nitrogen and oxygen atoms in total. The molecule has 2 rings (SSSR count). The molecule has 0 atom stereocenters. The first-order valence-corrected chi connectivity index (χ1v) is 5.84. The van der Waals surface area contributed by atoms with Gasteiger partial charge in [-0.1, -0.05) is 5.21 Å². The van der Waals surface area contributed by atoms with Crippen LogP contribution in [0.3, 0.4) is 0 Å². The van der Waals surface area contributed by atoms with Crippen molar-refractivity contribution in [1.29, 1.82) is 0 Å². The Bertz CT molecular complexity index is 459. The van der Waals surface area contributed by atoms with Crippen molar-refractivity contribution >= 4 is 11.8 Å². The van der Waals surface area contributed by atoms with Crippen LogP contribution in [0.2, 0.25) is 0 Å². The molecule has 2 amide bonds. The number of likely N-dealkylation sites (tertiary alicyclic amines) is 1. The van der Waals surface area contributed by atoms with Crippen molar-refractivity contribution in [2.75, 3.05) is 6.54 Å². The molecule has 0 radical (unpaired) electrons. The molecule has 0 unspecified atom stereocenters. The largest absolute Gasteiger partial charge is 0.384 e. The van der Waals surface area contributed by atoms with Gasteiger partial charge in [-0.25, -0.2) is 0 Å². The zero-order valence-corrected chi connectivity index (χ0v) is 10.5. The molecule has 1 aromatic rings. The summed E-state index contributed by atoms with van der Waals surface area (Å²) < 4.78 is 1.52. The first kappa shape index (κ1) is 12.7. The third kappa shape index (κ3) is 2.56. The minimum Gasteiger partial charge on any atom is -0.384 e. The minimum absolute atomic E-state index is 0.136. The molecule has 1 aliphatic rings. The molecule has 0 saturated carbocycles. The van der Waals surface area contributed by atoms with E-state index in [1.165, 1.54) is 9.58 Å². The summed E-state index contributed by atoms with van der Waals surface area (Å²) in [5, 5.41) is 17.4. The van der Waals surface area contributed by atoms with Gasteiger partial charge in [-0.2, -0.15) is 0 Å². The Balaban J connectivity index is 1.97. The molecule has 1 saturated heterocycles. The van der Waals surface area contributed by atoms with Crippen LogP contribution >= 0.6 is 0 Å². The second kappa shape index (κ2) is 4.49. The number of rotatable bonds is 4. The van der Waals surface area contributed by atoms with E-state index in [1.807, 2.05) is 0 Å². The van der Waals surface area contributed by atoms with E-state index in [2.05, 4.69) is 10.3 Å². The van der Waals surface area contributed by atoms with Crippen LogP contribution in [0.15, 0.2) is 6.20 Å². The van der Waals surface area contributed by atoms with E-state index < -0.39 is 5.60 Å². The van der Waals surface area contributed by atoms with Gasteiger partial charge in [-0.15, -0.1) is 5.10 Å².